The summed E-state index contributed by atoms with van der Waals surface area (Å²) >= 11 is 0. The van der Waals surface area contributed by atoms with Gasteiger partial charge in [-0.1, -0.05) is 30.3 Å². The molecule has 108 valence electrons. The van der Waals surface area contributed by atoms with E-state index in [1.165, 1.54) is 6.07 Å². The second-order valence-electron chi connectivity index (χ2n) is 5.71. The van der Waals surface area contributed by atoms with Gasteiger partial charge in [-0.3, -0.25) is 9.78 Å². The highest BCUT2D eigenvalue weighted by molar-refractivity contribution is 6.00. The lowest BCUT2D eigenvalue weighted by molar-refractivity contribution is 0.0963. The molecular weight excluding hydrogens is 277 g/mol. The Morgan fingerprint density at radius 1 is 1.09 bits per heavy atom. The highest BCUT2D eigenvalue weighted by Crippen LogP contribution is 2.34. The number of ketones is 1. The summed E-state index contributed by atoms with van der Waals surface area (Å²) in [5.74, 6) is -0.484. The maximum atomic E-state index is 14.3. The van der Waals surface area contributed by atoms with Crippen LogP contribution in [0.2, 0.25) is 0 Å². The summed E-state index contributed by atoms with van der Waals surface area (Å²) in [6, 6.07) is 14.5. The number of halogens is 1. The third-order valence-electron chi connectivity index (χ3n) is 4.13. The fourth-order valence-corrected chi connectivity index (χ4v) is 2.79. The van der Waals surface area contributed by atoms with Crippen molar-refractivity contribution in [1.82, 2.24) is 4.98 Å². The number of hydrogen-bond acceptors (Lipinski definition) is 2. The molecule has 3 aromatic rings. The molecule has 2 nitrogen and oxygen atoms in total. The van der Waals surface area contributed by atoms with Gasteiger partial charge < -0.3 is 0 Å². The third-order valence-corrected chi connectivity index (χ3v) is 4.13. The minimum absolute atomic E-state index is 0.0274. The monoisotopic (exact) mass is 291 g/mol. The molecule has 0 atom stereocenters. The van der Waals surface area contributed by atoms with E-state index >= 15 is 0 Å². The summed E-state index contributed by atoms with van der Waals surface area (Å²) in [4.78, 5) is 16.4. The Hall–Kier alpha value is -2.55. The summed E-state index contributed by atoms with van der Waals surface area (Å²) in [6.07, 6.45) is 3.49. The zero-order valence-electron chi connectivity index (χ0n) is 11.9. The lowest BCUT2D eigenvalue weighted by Gasteiger charge is -2.08. The summed E-state index contributed by atoms with van der Waals surface area (Å²) in [5, 5.41) is 1.01. The van der Waals surface area contributed by atoms with Crippen LogP contribution in [0.25, 0.3) is 22.0 Å². The largest absolute Gasteiger partial charge is 0.294 e. The van der Waals surface area contributed by atoms with Crippen LogP contribution in [0.1, 0.15) is 23.2 Å². The molecule has 4 rings (SSSR count). The predicted octanol–water partition coefficient (Wildman–Crippen LogP) is 4.63. The van der Waals surface area contributed by atoms with Gasteiger partial charge in [0.15, 0.2) is 5.78 Å². The first-order chi connectivity index (χ1) is 10.7. The average molecular weight is 291 g/mol. The maximum Gasteiger partial charge on any atom is 0.168 e. The molecule has 0 bridgehead atoms. The van der Waals surface area contributed by atoms with E-state index in [1.54, 1.807) is 12.3 Å². The molecule has 0 spiro atoms. The van der Waals surface area contributed by atoms with Gasteiger partial charge in [0.1, 0.15) is 5.82 Å². The van der Waals surface area contributed by atoms with Crippen LogP contribution in [-0.4, -0.2) is 10.8 Å². The summed E-state index contributed by atoms with van der Waals surface area (Å²) in [5.41, 5.74) is 2.67. The van der Waals surface area contributed by atoms with Crippen molar-refractivity contribution in [2.45, 2.75) is 12.8 Å². The van der Waals surface area contributed by atoms with E-state index in [0.717, 1.165) is 34.9 Å². The number of hydrogen-bond donors (Lipinski definition) is 0. The molecule has 1 aliphatic carbocycles. The van der Waals surface area contributed by atoms with Crippen molar-refractivity contribution in [3.05, 3.63) is 66.1 Å². The number of rotatable bonds is 3. The highest BCUT2D eigenvalue weighted by Gasteiger charge is 2.31. The zero-order chi connectivity index (χ0) is 15.1. The van der Waals surface area contributed by atoms with Gasteiger partial charge in [0.25, 0.3) is 0 Å². The SMILES string of the molecule is O=C(c1ccc(-c2cccc3cccnc23)cc1F)C1CC1. The first-order valence-corrected chi connectivity index (χ1v) is 7.42. The van der Waals surface area contributed by atoms with Crippen molar-refractivity contribution < 1.29 is 9.18 Å². The number of pyridine rings is 1. The van der Waals surface area contributed by atoms with Gasteiger partial charge in [-0.15, -0.1) is 0 Å². The first kappa shape index (κ1) is 13.1. The van der Waals surface area contributed by atoms with Crippen molar-refractivity contribution in [3.8, 4) is 11.1 Å². The van der Waals surface area contributed by atoms with Crippen LogP contribution in [0.3, 0.4) is 0 Å². The Bertz CT molecular complexity index is 878. The van der Waals surface area contributed by atoms with E-state index in [1.807, 2.05) is 36.4 Å². The molecule has 0 N–H and O–H groups in total. The number of Topliss-reactive ketones (excluding diaryl/α,β-unsaturated/α-hetero) is 1. The van der Waals surface area contributed by atoms with Crippen LogP contribution < -0.4 is 0 Å². The van der Waals surface area contributed by atoms with E-state index in [0.29, 0.717) is 0 Å². The molecule has 22 heavy (non-hydrogen) atoms. The molecule has 0 amide bonds. The molecule has 1 aliphatic rings. The highest BCUT2D eigenvalue weighted by atomic mass is 19.1. The van der Waals surface area contributed by atoms with E-state index < -0.39 is 5.82 Å². The second kappa shape index (κ2) is 5.02. The van der Waals surface area contributed by atoms with Gasteiger partial charge in [0.2, 0.25) is 0 Å². The fraction of sp³-hybridized carbons (Fsp3) is 0.158. The Labute approximate surface area is 127 Å². The number of carbonyl (C=O) groups excluding carboxylic acids is 1. The number of para-hydroxylation sites is 1. The van der Waals surface area contributed by atoms with Crippen LogP contribution in [0, 0.1) is 11.7 Å². The summed E-state index contributed by atoms with van der Waals surface area (Å²) in [6.45, 7) is 0. The maximum absolute atomic E-state index is 14.3. The van der Waals surface area contributed by atoms with Gasteiger partial charge >= 0.3 is 0 Å². The Kier molecular flexibility index (Phi) is 3.00. The minimum Gasteiger partial charge on any atom is -0.294 e. The van der Waals surface area contributed by atoms with Gasteiger partial charge in [0.05, 0.1) is 11.1 Å². The van der Waals surface area contributed by atoms with Crippen molar-refractivity contribution in [3.63, 3.8) is 0 Å². The molecule has 0 radical (unpaired) electrons. The van der Waals surface area contributed by atoms with Crippen LogP contribution in [-0.2, 0) is 0 Å². The lowest BCUT2D eigenvalue weighted by atomic mass is 9.98. The standard InChI is InChI=1S/C19H14FNO/c20-17-11-14(8-9-16(17)19(22)13-6-7-13)15-5-1-3-12-4-2-10-21-18(12)15/h1-5,8-11,13H,6-7H2. The second-order valence-corrected chi connectivity index (χ2v) is 5.71. The van der Waals surface area contributed by atoms with Gasteiger partial charge in [-0.2, -0.15) is 0 Å². The summed E-state index contributed by atoms with van der Waals surface area (Å²) in [7, 11) is 0. The van der Waals surface area contributed by atoms with E-state index in [-0.39, 0.29) is 17.3 Å². The quantitative estimate of drug-likeness (QED) is 0.658. The molecule has 3 heteroatoms. The Morgan fingerprint density at radius 3 is 2.68 bits per heavy atom. The zero-order valence-corrected chi connectivity index (χ0v) is 11.9. The average Bonchev–Trinajstić information content (AvgIpc) is 3.38. The molecule has 0 aliphatic heterocycles. The van der Waals surface area contributed by atoms with Crippen molar-refractivity contribution >= 4 is 16.7 Å². The van der Waals surface area contributed by atoms with Crippen LogP contribution in [0.4, 0.5) is 4.39 Å². The molecule has 0 unspecified atom stereocenters. The van der Waals surface area contributed by atoms with Crippen molar-refractivity contribution in [2.24, 2.45) is 5.92 Å². The number of fused-ring (bicyclic) bond motifs is 1. The molecule has 0 saturated heterocycles. The number of carbonyl (C=O) groups is 1. The number of benzene rings is 2. The smallest absolute Gasteiger partial charge is 0.168 e. The van der Waals surface area contributed by atoms with Crippen molar-refractivity contribution in [1.29, 1.82) is 0 Å². The molecule has 2 aromatic carbocycles. The van der Waals surface area contributed by atoms with Gasteiger partial charge in [-0.05, 0) is 36.6 Å². The predicted molar refractivity (Wildman–Crippen MR) is 84.2 cm³/mol. The van der Waals surface area contributed by atoms with Crippen molar-refractivity contribution in [2.75, 3.05) is 0 Å². The molecule has 1 heterocycles. The number of aromatic nitrogens is 1. The van der Waals surface area contributed by atoms with Gasteiger partial charge in [0, 0.05) is 23.1 Å². The minimum atomic E-state index is -0.442. The topological polar surface area (TPSA) is 30.0 Å². The summed E-state index contributed by atoms with van der Waals surface area (Å²) < 4.78 is 14.3. The van der Waals surface area contributed by atoms with Crippen LogP contribution in [0.15, 0.2) is 54.7 Å². The number of nitrogens with zero attached hydrogens (tertiary/aromatic N) is 1. The third kappa shape index (κ3) is 2.19. The lowest BCUT2D eigenvalue weighted by Crippen LogP contribution is -2.04. The van der Waals surface area contributed by atoms with E-state index in [2.05, 4.69) is 4.98 Å². The Balaban J connectivity index is 1.82. The molecule has 1 saturated carbocycles. The van der Waals surface area contributed by atoms with E-state index in [9.17, 15) is 9.18 Å². The van der Waals surface area contributed by atoms with Crippen LogP contribution in [0.5, 0.6) is 0 Å². The molecule has 1 fully saturated rings. The van der Waals surface area contributed by atoms with E-state index in [4.69, 9.17) is 0 Å². The molecular formula is C19H14FNO. The van der Waals surface area contributed by atoms with Crippen LogP contribution >= 0.6 is 0 Å². The molecule has 1 aromatic heterocycles. The Morgan fingerprint density at radius 2 is 1.91 bits per heavy atom. The first-order valence-electron chi connectivity index (χ1n) is 7.42. The van der Waals surface area contributed by atoms with Gasteiger partial charge in [-0.25, -0.2) is 4.39 Å². The normalized spacial score (nSPS) is 14.2. The fourth-order valence-electron chi connectivity index (χ4n) is 2.79.